The Hall–Kier alpha value is -0.520. The molecule has 3 N–H and O–H groups in total. The Kier molecular flexibility index (Phi) is 7.24. The fourth-order valence-corrected chi connectivity index (χ4v) is 2.63. The monoisotopic (exact) mass is 351 g/mol. The number of amides is 1. The molecule has 1 aromatic carbocycles. The van der Waals surface area contributed by atoms with E-state index in [2.05, 4.69) is 5.32 Å². The van der Waals surface area contributed by atoms with Crippen molar-refractivity contribution in [3.8, 4) is 0 Å². The third kappa shape index (κ3) is 5.31. The average molecular weight is 353 g/mol. The molecule has 4 nitrogen and oxygen atoms in total. The van der Waals surface area contributed by atoms with Crippen LogP contribution in [0.25, 0.3) is 0 Å². The fourth-order valence-electron chi connectivity index (χ4n) is 2.33. The number of rotatable bonds is 6. The smallest absolute Gasteiger partial charge is 0.238 e. The first-order chi connectivity index (χ1) is 9.51. The van der Waals surface area contributed by atoms with E-state index < -0.39 is 0 Å². The van der Waals surface area contributed by atoms with Gasteiger partial charge in [-0.25, -0.2) is 0 Å². The first kappa shape index (κ1) is 18.5. The van der Waals surface area contributed by atoms with Crippen molar-refractivity contribution in [1.82, 2.24) is 4.90 Å². The highest BCUT2D eigenvalue weighted by Gasteiger charge is 2.33. The minimum atomic E-state index is -0.0787. The van der Waals surface area contributed by atoms with Gasteiger partial charge < -0.3 is 11.1 Å². The number of hydrogen-bond acceptors (Lipinski definition) is 3. The Morgan fingerprint density at radius 2 is 2.10 bits per heavy atom. The molecule has 0 bridgehead atoms. The summed E-state index contributed by atoms with van der Waals surface area (Å²) in [4.78, 5) is 14.0. The van der Waals surface area contributed by atoms with E-state index in [1.807, 2.05) is 11.9 Å². The highest BCUT2D eigenvalue weighted by Crippen LogP contribution is 2.34. The number of likely N-dealkylation sites (N-methyl/N-ethyl adjacent to an activating group) is 1. The lowest BCUT2D eigenvalue weighted by molar-refractivity contribution is -0.117. The predicted octanol–water partition coefficient (Wildman–Crippen LogP) is 3.02. The second kappa shape index (κ2) is 8.20. The van der Waals surface area contributed by atoms with E-state index in [-0.39, 0.29) is 24.4 Å². The lowest BCUT2D eigenvalue weighted by Gasteiger charge is -2.26. The maximum absolute atomic E-state index is 12.0. The van der Waals surface area contributed by atoms with Gasteiger partial charge >= 0.3 is 0 Å². The predicted molar refractivity (Wildman–Crippen MR) is 90.5 cm³/mol. The molecule has 0 saturated heterocycles. The standard InChI is InChI=1S/C14H19Cl2N3O.ClH/c1-19(13(7-17)9-2-3-9)8-14(20)18-10-4-5-11(15)12(16)6-10;/h4-6,9,13H,2-3,7-8,17H2,1H3,(H,18,20);1H. The summed E-state index contributed by atoms with van der Waals surface area (Å²) in [6, 6.07) is 5.32. The van der Waals surface area contributed by atoms with Gasteiger partial charge in [0, 0.05) is 18.3 Å². The zero-order valence-corrected chi connectivity index (χ0v) is 14.1. The van der Waals surface area contributed by atoms with Crippen LogP contribution in [0.15, 0.2) is 18.2 Å². The van der Waals surface area contributed by atoms with E-state index in [0.29, 0.717) is 34.7 Å². The van der Waals surface area contributed by atoms with Gasteiger partial charge in [-0.2, -0.15) is 0 Å². The summed E-state index contributed by atoms with van der Waals surface area (Å²) in [5, 5.41) is 3.71. The molecule has 1 unspecified atom stereocenters. The van der Waals surface area contributed by atoms with Gasteiger partial charge in [-0.3, -0.25) is 9.69 Å². The van der Waals surface area contributed by atoms with Gasteiger partial charge in [0.25, 0.3) is 0 Å². The number of benzene rings is 1. The summed E-state index contributed by atoms with van der Waals surface area (Å²) >= 11 is 11.8. The highest BCUT2D eigenvalue weighted by molar-refractivity contribution is 6.42. The maximum atomic E-state index is 12.0. The molecule has 1 atom stereocenters. The summed E-state index contributed by atoms with van der Waals surface area (Å²) < 4.78 is 0. The van der Waals surface area contributed by atoms with Crippen LogP contribution in [0, 0.1) is 5.92 Å². The lowest BCUT2D eigenvalue weighted by atomic mass is 10.1. The van der Waals surface area contributed by atoms with E-state index >= 15 is 0 Å². The van der Waals surface area contributed by atoms with Crippen LogP contribution in [0.4, 0.5) is 5.69 Å². The molecule has 1 saturated carbocycles. The molecule has 0 heterocycles. The van der Waals surface area contributed by atoms with E-state index in [9.17, 15) is 4.79 Å². The van der Waals surface area contributed by atoms with Crippen molar-refractivity contribution in [2.45, 2.75) is 18.9 Å². The number of halogens is 3. The van der Waals surface area contributed by atoms with Crippen molar-refractivity contribution in [1.29, 1.82) is 0 Å². The van der Waals surface area contributed by atoms with Crippen molar-refractivity contribution in [2.24, 2.45) is 11.7 Å². The van der Waals surface area contributed by atoms with Gasteiger partial charge in [-0.1, -0.05) is 23.2 Å². The molecular formula is C14H20Cl3N3O. The lowest BCUT2D eigenvalue weighted by Crippen LogP contribution is -2.43. The van der Waals surface area contributed by atoms with Crippen LogP contribution in [0.5, 0.6) is 0 Å². The number of nitrogens with one attached hydrogen (secondary N) is 1. The Bertz CT molecular complexity index is 494. The summed E-state index contributed by atoms with van der Waals surface area (Å²) in [5.41, 5.74) is 6.42. The van der Waals surface area contributed by atoms with Gasteiger partial charge in [0.2, 0.25) is 5.91 Å². The molecule has 0 spiro atoms. The summed E-state index contributed by atoms with van der Waals surface area (Å²) in [7, 11) is 1.93. The first-order valence-corrected chi connectivity index (χ1v) is 7.42. The largest absolute Gasteiger partial charge is 0.329 e. The molecule has 7 heteroatoms. The molecule has 0 aromatic heterocycles. The zero-order valence-electron chi connectivity index (χ0n) is 11.8. The van der Waals surface area contributed by atoms with Crippen molar-refractivity contribution >= 4 is 47.2 Å². The van der Waals surface area contributed by atoms with Gasteiger partial charge in [0.1, 0.15) is 0 Å². The Morgan fingerprint density at radius 1 is 1.43 bits per heavy atom. The van der Waals surface area contributed by atoms with Gasteiger partial charge in [0.15, 0.2) is 0 Å². The number of hydrogen-bond donors (Lipinski definition) is 2. The highest BCUT2D eigenvalue weighted by atomic mass is 35.5. The molecule has 21 heavy (non-hydrogen) atoms. The summed E-state index contributed by atoms with van der Waals surface area (Å²) in [6.07, 6.45) is 2.42. The van der Waals surface area contributed by atoms with Gasteiger partial charge in [-0.05, 0) is 44.0 Å². The summed E-state index contributed by atoms with van der Waals surface area (Å²) in [5.74, 6) is 0.563. The minimum Gasteiger partial charge on any atom is -0.329 e. The third-order valence-electron chi connectivity index (χ3n) is 3.57. The van der Waals surface area contributed by atoms with Crippen LogP contribution in [-0.4, -0.2) is 37.0 Å². The first-order valence-electron chi connectivity index (χ1n) is 6.66. The number of carbonyl (C=O) groups is 1. The average Bonchev–Trinajstić information content (AvgIpc) is 3.19. The SMILES string of the molecule is CN(CC(=O)Nc1ccc(Cl)c(Cl)c1)C(CN)C1CC1.Cl. The van der Waals surface area contributed by atoms with Crippen molar-refractivity contribution in [3.05, 3.63) is 28.2 Å². The van der Waals surface area contributed by atoms with E-state index in [0.717, 1.165) is 0 Å². The van der Waals surface area contributed by atoms with Crippen LogP contribution in [-0.2, 0) is 4.79 Å². The number of anilines is 1. The molecule has 118 valence electrons. The summed E-state index contributed by atoms with van der Waals surface area (Å²) in [6.45, 7) is 0.903. The fraction of sp³-hybridized carbons (Fsp3) is 0.500. The Balaban J connectivity index is 0.00000220. The van der Waals surface area contributed by atoms with E-state index in [1.54, 1.807) is 18.2 Å². The van der Waals surface area contributed by atoms with Crippen LogP contribution >= 0.6 is 35.6 Å². The molecule has 1 aliphatic rings. The molecule has 1 aromatic rings. The van der Waals surface area contributed by atoms with Crippen LogP contribution in [0.1, 0.15) is 12.8 Å². The van der Waals surface area contributed by atoms with Gasteiger partial charge in [0.05, 0.1) is 16.6 Å². The maximum Gasteiger partial charge on any atom is 0.238 e. The minimum absolute atomic E-state index is 0. The van der Waals surface area contributed by atoms with Crippen LogP contribution in [0.2, 0.25) is 10.0 Å². The van der Waals surface area contributed by atoms with Crippen LogP contribution < -0.4 is 11.1 Å². The topological polar surface area (TPSA) is 58.4 Å². The van der Waals surface area contributed by atoms with Crippen molar-refractivity contribution in [2.75, 3.05) is 25.5 Å². The molecule has 1 aliphatic carbocycles. The molecule has 0 radical (unpaired) electrons. The second-order valence-corrected chi connectivity index (χ2v) is 6.05. The van der Waals surface area contributed by atoms with E-state index in [1.165, 1.54) is 12.8 Å². The number of carbonyl (C=O) groups excluding carboxylic acids is 1. The van der Waals surface area contributed by atoms with Gasteiger partial charge in [-0.15, -0.1) is 12.4 Å². The van der Waals surface area contributed by atoms with E-state index in [4.69, 9.17) is 28.9 Å². The number of nitrogens with two attached hydrogens (primary N) is 1. The van der Waals surface area contributed by atoms with Crippen molar-refractivity contribution < 1.29 is 4.79 Å². The quantitative estimate of drug-likeness (QED) is 0.827. The Labute approximate surface area is 141 Å². The molecule has 0 aliphatic heterocycles. The molecular weight excluding hydrogens is 333 g/mol. The zero-order chi connectivity index (χ0) is 14.7. The van der Waals surface area contributed by atoms with Crippen molar-refractivity contribution in [3.63, 3.8) is 0 Å². The Morgan fingerprint density at radius 3 is 2.62 bits per heavy atom. The normalized spacial score (nSPS) is 15.5. The second-order valence-electron chi connectivity index (χ2n) is 5.23. The number of nitrogens with zero attached hydrogens (tertiary/aromatic N) is 1. The molecule has 1 fully saturated rings. The molecule has 1 amide bonds. The third-order valence-corrected chi connectivity index (χ3v) is 4.31. The van der Waals surface area contributed by atoms with Crippen LogP contribution in [0.3, 0.4) is 0 Å². The molecule has 2 rings (SSSR count).